The highest BCUT2D eigenvalue weighted by molar-refractivity contribution is 5.27. The minimum absolute atomic E-state index is 0.213. The number of nitrogens with one attached hydrogen (secondary N) is 1. The average molecular weight is 270 g/mol. The van der Waals surface area contributed by atoms with Crippen molar-refractivity contribution in [3.8, 4) is 5.75 Å². The normalized spacial score (nSPS) is 12.4. The molecule has 0 saturated carbocycles. The van der Waals surface area contributed by atoms with E-state index >= 15 is 0 Å². The molecule has 2 rings (SSSR count). The quantitative estimate of drug-likeness (QED) is 0.868. The topological polar surface area (TPSA) is 34.1 Å². The summed E-state index contributed by atoms with van der Waals surface area (Å²) in [4.78, 5) is 4.14. The third-order valence-corrected chi connectivity index (χ3v) is 3.09. The van der Waals surface area contributed by atoms with Crippen LogP contribution in [0.1, 0.15) is 37.9 Å². The summed E-state index contributed by atoms with van der Waals surface area (Å²) in [6.45, 7) is 7.04. The summed E-state index contributed by atoms with van der Waals surface area (Å²) in [5.74, 6) is 0.920. The maximum absolute atomic E-state index is 5.64. The minimum atomic E-state index is 0.213. The van der Waals surface area contributed by atoms with Gasteiger partial charge in [0.15, 0.2) is 0 Å². The van der Waals surface area contributed by atoms with Crippen molar-refractivity contribution < 1.29 is 4.74 Å². The zero-order valence-electron chi connectivity index (χ0n) is 12.3. The SMILES string of the molecule is CC(C)Oc1ccc(CN[C@@H](C)c2cccnc2)cc1. The van der Waals surface area contributed by atoms with Crippen LogP contribution in [0, 0.1) is 0 Å². The van der Waals surface area contributed by atoms with Crippen LogP contribution in [0.4, 0.5) is 0 Å². The first kappa shape index (κ1) is 14.5. The van der Waals surface area contributed by atoms with Crippen LogP contribution < -0.4 is 10.1 Å². The maximum Gasteiger partial charge on any atom is 0.119 e. The van der Waals surface area contributed by atoms with Gasteiger partial charge in [0.25, 0.3) is 0 Å². The molecular weight excluding hydrogens is 248 g/mol. The first-order valence-corrected chi connectivity index (χ1v) is 7.04. The molecule has 20 heavy (non-hydrogen) atoms. The summed E-state index contributed by atoms with van der Waals surface area (Å²) in [6.07, 6.45) is 3.91. The minimum Gasteiger partial charge on any atom is -0.491 e. The molecule has 1 aromatic heterocycles. The van der Waals surface area contributed by atoms with Gasteiger partial charge in [0, 0.05) is 25.0 Å². The summed E-state index contributed by atoms with van der Waals surface area (Å²) < 4.78 is 5.64. The number of aromatic nitrogens is 1. The predicted octanol–water partition coefficient (Wildman–Crippen LogP) is 3.72. The Hall–Kier alpha value is -1.87. The number of ether oxygens (including phenoxy) is 1. The zero-order chi connectivity index (χ0) is 14.4. The van der Waals surface area contributed by atoms with Gasteiger partial charge < -0.3 is 10.1 Å². The highest BCUT2D eigenvalue weighted by Crippen LogP contribution is 2.15. The molecule has 0 aliphatic carbocycles. The Balaban J connectivity index is 1.88. The lowest BCUT2D eigenvalue weighted by atomic mass is 10.1. The second kappa shape index (κ2) is 7.06. The van der Waals surface area contributed by atoms with Crippen LogP contribution in [0.15, 0.2) is 48.8 Å². The summed E-state index contributed by atoms with van der Waals surface area (Å²) >= 11 is 0. The first-order valence-electron chi connectivity index (χ1n) is 7.04. The molecule has 3 heteroatoms. The smallest absolute Gasteiger partial charge is 0.119 e. The Morgan fingerprint density at radius 3 is 2.45 bits per heavy atom. The van der Waals surface area contributed by atoms with E-state index < -0.39 is 0 Å². The molecule has 0 fully saturated rings. The van der Waals surface area contributed by atoms with E-state index in [0.717, 1.165) is 12.3 Å². The molecule has 0 unspecified atom stereocenters. The average Bonchev–Trinajstić information content (AvgIpc) is 2.46. The van der Waals surface area contributed by atoms with E-state index in [1.807, 2.05) is 38.2 Å². The summed E-state index contributed by atoms with van der Waals surface area (Å²) in [5, 5.41) is 3.49. The molecule has 1 heterocycles. The van der Waals surface area contributed by atoms with Crippen molar-refractivity contribution in [2.24, 2.45) is 0 Å². The molecular formula is C17H22N2O. The van der Waals surface area contributed by atoms with Crippen LogP contribution in [0.2, 0.25) is 0 Å². The van der Waals surface area contributed by atoms with Gasteiger partial charge in [-0.25, -0.2) is 0 Å². The zero-order valence-corrected chi connectivity index (χ0v) is 12.3. The third kappa shape index (κ3) is 4.35. The fraction of sp³-hybridized carbons (Fsp3) is 0.353. The molecule has 0 amide bonds. The van der Waals surface area contributed by atoms with Crippen LogP contribution in [-0.2, 0) is 6.54 Å². The molecule has 1 atom stereocenters. The van der Waals surface area contributed by atoms with Crippen molar-refractivity contribution in [1.82, 2.24) is 10.3 Å². The molecule has 3 nitrogen and oxygen atoms in total. The molecule has 106 valence electrons. The van der Waals surface area contributed by atoms with E-state index in [2.05, 4.69) is 35.4 Å². The molecule has 0 saturated heterocycles. The summed E-state index contributed by atoms with van der Waals surface area (Å²) in [7, 11) is 0. The van der Waals surface area contributed by atoms with E-state index in [4.69, 9.17) is 4.74 Å². The Morgan fingerprint density at radius 2 is 1.85 bits per heavy atom. The van der Waals surface area contributed by atoms with Crippen molar-refractivity contribution in [2.45, 2.75) is 39.5 Å². The van der Waals surface area contributed by atoms with Crippen LogP contribution in [0.3, 0.4) is 0 Å². The third-order valence-electron chi connectivity index (χ3n) is 3.09. The number of nitrogens with zero attached hydrogens (tertiary/aromatic N) is 1. The molecule has 1 N–H and O–H groups in total. The van der Waals surface area contributed by atoms with Gasteiger partial charge in [-0.2, -0.15) is 0 Å². The first-order chi connectivity index (χ1) is 9.65. The number of hydrogen-bond acceptors (Lipinski definition) is 3. The number of rotatable bonds is 6. The molecule has 0 bridgehead atoms. The Bertz CT molecular complexity index is 508. The van der Waals surface area contributed by atoms with Gasteiger partial charge in [-0.3, -0.25) is 4.98 Å². The van der Waals surface area contributed by atoms with Gasteiger partial charge in [-0.15, -0.1) is 0 Å². The molecule has 0 spiro atoms. The van der Waals surface area contributed by atoms with Gasteiger partial charge in [-0.05, 0) is 50.1 Å². The highest BCUT2D eigenvalue weighted by Gasteiger charge is 2.04. The fourth-order valence-electron chi connectivity index (χ4n) is 1.98. The van der Waals surface area contributed by atoms with Gasteiger partial charge in [0.05, 0.1) is 6.10 Å². The number of benzene rings is 1. The lowest BCUT2D eigenvalue weighted by molar-refractivity contribution is 0.242. The van der Waals surface area contributed by atoms with Crippen LogP contribution >= 0.6 is 0 Å². The molecule has 1 aromatic carbocycles. The van der Waals surface area contributed by atoms with Gasteiger partial charge in [0.2, 0.25) is 0 Å². The Kier molecular flexibility index (Phi) is 5.13. The molecule has 2 aromatic rings. The van der Waals surface area contributed by atoms with Crippen molar-refractivity contribution in [2.75, 3.05) is 0 Å². The van der Waals surface area contributed by atoms with Crippen LogP contribution in [0.25, 0.3) is 0 Å². The fourth-order valence-corrected chi connectivity index (χ4v) is 1.98. The van der Waals surface area contributed by atoms with E-state index in [1.165, 1.54) is 11.1 Å². The molecule has 0 aliphatic heterocycles. The molecule has 0 aliphatic rings. The summed E-state index contributed by atoms with van der Waals surface area (Å²) in [6, 6.07) is 12.6. The van der Waals surface area contributed by atoms with Crippen LogP contribution in [0.5, 0.6) is 5.75 Å². The number of hydrogen-bond donors (Lipinski definition) is 1. The van der Waals surface area contributed by atoms with Gasteiger partial charge >= 0.3 is 0 Å². The number of pyridine rings is 1. The lowest BCUT2D eigenvalue weighted by Gasteiger charge is -2.14. The standard InChI is InChI=1S/C17H22N2O/c1-13(2)20-17-8-6-15(7-9-17)11-19-14(3)16-5-4-10-18-12-16/h4-10,12-14,19H,11H2,1-3H3/t14-/m0/s1. The largest absolute Gasteiger partial charge is 0.491 e. The van der Waals surface area contributed by atoms with Gasteiger partial charge in [-0.1, -0.05) is 18.2 Å². The van der Waals surface area contributed by atoms with E-state index in [9.17, 15) is 0 Å². The van der Waals surface area contributed by atoms with Crippen molar-refractivity contribution in [3.63, 3.8) is 0 Å². The van der Waals surface area contributed by atoms with E-state index in [-0.39, 0.29) is 12.1 Å². The van der Waals surface area contributed by atoms with Crippen molar-refractivity contribution >= 4 is 0 Å². The van der Waals surface area contributed by atoms with Crippen molar-refractivity contribution in [3.05, 3.63) is 59.9 Å². The maximum atomic E-state index is 5.64. The second-order valence-electron chi connectivity index (χ2n) is 5.20. The monoisotopic (exact) mass is 270 g/mol. The molecule has 0 radical (unpaired) electrons. The van der Waals surface area contributed by atoms with Crippen LogP contribution in [-0.4, -0.2) is 11.1 Å². The Labute approximate surface area is 121 Å². The van der Waals surface area contributed by atoms with Gasteiger partial charge in [0.1, 0.15) is 5.75 Å². The lowest BCUT2D eigenvalue weighted by Crippen LogP contribution is -2.18. The summed E-state index contributed by atoms with van der Waals surface area (Å²) in [5.41, 5.74) is 2.45. The van der Waals surface area contributed by atoms with E-state index in [1.54, 1.807) is 6.20 Å². The van der Waals surface area contributed by atoms with E-state index in [0.29, 0.717) is 0 Å². The highest BCUT2D eigenvalue weighted by atomic mass is 16.5. The Morgan fingerprint density at radius 1 is 1.10 bits per heavy atom. The predicted molar refractivity (Wildman–Crippen MR) is 81.7 cm³/mol. The second-order valence-corrected chi connectivity index (χ2v) is 5.20. The van der Waals surface area contributed by atoms with Crippen molar-refractivity contribution in [1.29, 1.82) is 0 Å².